The van der Waals surface area contributed by atoms with Gasteiger partial charge in [0.05, 0.1) is 17.7 Å². The molecule has 0 unspecified atom stereocenters. The Kier molecular flexibility index (Phi) is 4.28. The van der Waals surface area contributed by atoms with Crippen molar-refractivity contribution in [3.05, 3.63) is 27.8 Å². The number of hydrogen-bond acceptors (Lipinski definition) is 7. The smallest absolute Gasteiger partial charge is 0.354 e. The van der Waals surface area contributed by atoms with Crippen molar-refractivity contribution >= 4 is 23.1 Å². The highest BCUT2D eigenvalue weighted by molar-refractivity contribution is 7.09. The van der Waals surface area contributed by atoms with Crippen LogP contribution in [0.5, 0.6) is 0 Å². The first-order valence-electron chi connectivity index (χ1n) is 5.84. The first-order chi connectivity index (χ1) is 9.81. The lowest BCUT2D eigenvalue weighted by Crippen LogP contribution is -2.22. The number of rotatable bonds is 4. The van der Waals surface area contributed by atoms with Crippen LogP contribution in [-0.4, -0.2) is 22.0 Å². The van der Waals surface area contributed by atoms with Crippen LogP contribution in [0.3, 0.4) is 0 Å². The third kappa shape index (κ3) is 3.58. The number of hydrogen-bond donors (Lipinski definition) is 2. The molecule has 2 rings (SSSR count). The summed E-state index contributed by atoms with van der Waals surface area (Å²) in [5.41, 5.74) is 3.53. The Bertz CT molecular complexity index is 627. The maximum absolute atomic E-state index is 12.8. The first-order valence-corrected chi connectivity index (χ1v) is 6.72. The van der Waals surface area contributed by atoms with Crippen molar-refractivity contribution in [1.82, 2.24) is 15.0 Å². The highest BCUT2D eigenvalue weighted by atomic mass is 32.1. The van der Waals surface area contributed by atoms with Crippen LogP contribution in [0.2, 0.25) is 0 Å². The molecule has 2 aromatic rings. The molecule has 0 amide bonds. The summed E-state index contributed by atoms with van der Waals surface area (Å²) in [6.07, 6.45) is -4.56. The number of alkyl halides is 3. The van der Waals surface area contributed by atoms with Crippen molar-refractivity contribution in [2.45, 2.75) is 19.6 Å². The monoisotopic (exact) mass is 318 g/mol. The van der Waals surface area contributed by atoms with Gasteiger partial charge in [-0.2, -0.15) is 18.2 Å². The number of hydrazine groups is 1. The number of thiazole rings is 1. The fraction of sp³-hybridized carbons (Fsp3) is 0.364. The molecule has 0 atom stereocenters. The average molecular weight is 318 g/mol. The summed E-state index contributed by atoms with van der Waals surface area (Å²) in [6, 6.07) is 0.886. The lowest BCUT2D eigenvalue weighted by atomic mass is 10.3. The Morgan fingerprint density at radius 3 is 2.62 bits per heavy atom. The van der Waals surface area contributed by atoms with Crippen molar-refractivity contribution in [1.29, 1.82) is 0 Å². The van der Waals surface area contributed by atoms with Gasteiger partial charge >= 0.3 is 6.18 Å². The number of nitrogens with two attached hydrogens (primary N) is 1. The maximum Gasteiger partial charge on any atom is 0.433 e. The van der Waals surface area contributed by atoms with E-state index in [1.54, 1.807) is 17.5 Å². The lowest BCUT2D eigenvalue weighted by molar-refractivity contribution is -0.141. The van der Waals surface area contributed by atoms with Crippen molar-refractivity contribution in [3.63, 3.8) is 0 Å². The number of nitrogen functional groups attached to an aromatic ring is 1. The molecule has 0 bridgehead atoms. The molecule has 0 aliphatic rings. The summed E-state index contributed by atoms with van der Waals surface area (Å²) in [7, 11) is 1.64. The average Bonchev–Trinajstić information content (AvgIpc) is 2.82. The van der Waals surface area contributed by atoms with Gasteiger partial charge in [-0.15, -0.1) is 11.3 Å². The second-order valence-corrected chi connectivity index (χ2v) is 5.23. The van der Waals surface area contributed by atoms with E-state index >= 15 is 0 Å². The molecule has 0 saturated carbocycles. The van der Waals surface area contributed by atoms with Crippen LogP contribution >= 0.6 is 11.3 Å². The summed E-state index contributed by atoms with van der Waals surface area (Å²) in [5, 5.41) is 0. The molecule has 0 aliphatic heterocycles. The van der Waals surface area contributed by atoms with Crippen LogP contribution in [0, 0.1) is 6.92 Å². The van der Waals surface area contributed by atoms with E-state index in [1.807, 2.05) is 12.3 Å². The van der Waals surface area contributed by atoms with Crippen LogP contribution in [0.4, 0.5) is 24.9 Å². The number of anilines is 2. The summed E-state index contributed by atoms with van der Waals surface area (Å²) in [5.74, 6) is 4.96. The predicted molar refractivity (Wildman–Crippen MR) is 73.8 cm³/mol. The van der Waals surface area contributed by atoms with E-state index in [2.05, 4.69) is 15.0 Å². The summed E-state index contributed by atoms with van der Waals surface area (Å²) < 4.78 is 38.4. The SMILES string of the molecule is Cc1ncsc1CN(C)c1cc(C(F)(F)F)nc(NN)n1. The Morgan fingerprint density at radius 2 is 2.10 bits per heavy atom. The van der Waals surface area contributed by atoms with Gasteiger partial charge in [-0.3, -0.25) is 5.43 Å². The Balaban J connectivity index is 2.32. The number of aromatic nitrogens is 3. The predicted octanol–water partition coefficient (Wildman–Crippen LogP) is 2.18. The first kappa shape index (κ1) is 15.4. The quantitative estimate of drug-likeness (QED) is 0.664. The van der Waals surface area contributed by atoms with Crippen molar-refractivity contribution in [2.75, 3.05) is 17.4 Å². The Morgan fingerprint density at radius 1 is 1.38 bits per heavy atom. The molecule has 0 spiro atoms. The molecular formula is C11H13F3N6S. The second kappa shape index (κ2) is 5.82. The Hall–Kier alpha value is -1.94. The number of aryl methyl sites for hydroxylation is 1. The number of nitrogens with zero attached hydrogens (tertiary/aromatic N) is 4. The molecule has 3 N–H and O–H groups in total. The summed E-state index contributed by atoms with van der Waals surface area (Å²) >= 11 is 1.43. The largest absolute Gasteiger partial charge is 0.433 e. The molecule has 0 aromatic carbocycles. The molecule has 6 nitrogen and oxygen atoms in total. The topological polar surface area (TPSA) is 80.0 Å². The van der Waals surface area contributed by atoms with Crippen LogP contribution in [0.1, 0.15) is 16.3 Å². The van der Waals surface area contributed by atoms with E-state index in [9.17, 15) is 13.2 Å². The summed E-state index contributed by atoms with van der Waals surface area (Å²) in [4.78, 5) is 13.9. The molecule has 0 saturated heterocycles. The minimum atomic E-state index is -4.56. The fourth-order valence-corrected chi connectivity index (χ4v) is 2.44. The summed E-state index contributed by atoms with van der Waals surface area (Å²) in [6.45, 7) is 2.24. The minimum absolute atomic E-state index is 0.123. The molecule has 114 valence electrons. The minimum Gasteiger partial charge on any atom is -0.354 e. The van der Waals surface area contributed by atoms with E-state index in [0.717, 1.165) is 16.6 Å². The van der Waals surface area contributed by atoms with Gasteiger partial charge in [0.2, 0.25) is 5.95 Å². The molecule has 21 heavy (non-hydrogen) atoms. The zero-order valence-corrected chi connectivity index (χ0v) is 12.1. The van der Waals surface area contributed by atoms with Gasteiger partial charge in [-0.05, 0) is 6.92 Å². The Labute approximate surface area is 122 Å². The van der Waals surface area contributed by atoms with Gasteiger partial charge in [-0.1, -0.05) is 0 Å². The fourth-order valence-electron chi connectivity index (χ4n) is 1.61. The van der Waals surface area contributed by atoms with Crippen molar-refractivity contribution in [3.8, 4) is 0 Å². The molecule has 0 aliphatic carbocycles. The molecule has 2 aromatic heterocycles. The highest BCUT2D eigenvalue weighted by Crippen LogP contribution is 2.30. The van der Waals surface area contributed by atoms with Gasteiger partial charge in [0, 0.05) is 18.0 Å². The van der Waals surface area contributed by atoms with E-state index in [4.69, 9.17) is 5.84 Å². The van der Waals surface area contributed by atoms with Crippen LogP contribution in [0.15, 0.2) is 11.6 Å². The molecule has 2 heterocycles. The number of halogens is 3. The molecule has 0 radical (unpaired) electrons. The van der Waals surface area contributed by atoms with Crippen molar-refractivity contribution in [2.24, 2.45) is 5.84 Å². The van der Waals surface area contributed by atoms with E-state index < -0.39 is 11.9 Å². The molecular weight excluding hydrogens is 305 g/mol. The standard InChI is InChI=1S/C11H13F3N6S/c1-6-7(21-5-16-6)4-20(2)9-3-8(11(12,13)14)17-10(18-9)19-15/h3,5H,4,15H2,1-2H3,(H,17,18,19). The third-order valence-electron chi connectivity index (χ3n) is 2.75. The zero-order chi connectivity index (χ0) is 15.6. The van der Waals surface area contributed by atoms with Crippen LogP contribution in [0.25, 0.3) is 0 Å². The molecule has 0 fully saturated rings. The van der Waals surface area contributed by atoms with Crippen LogP contribution < -0.4 is 16.2 Å². The highest BCUT2D eigenvalue weighted by Gasteiger charge is 2.34. The number of nitrogens with one attached hydrogen (secondary N) is 1. The van der Waals surface area contributed by atoms with Gasteiger partial charge < -0.3 is 4.90 Å². The van der Waals surface area contributed by atoms with E-state index in [1.165, 1.54) is 11.3 Å². The lowest BCUT2D eigenvalue weighted by Gasteiger charge is -2.19. The zero-order valence-electron chi connectivity index (χ0n) is 11.3. The van der Waals surface area contributed by atoms with Gasteiger partial charge in [0.25, 0.3) is 0 Å². The van der Waals surface area contributed by atoms with E-state index in [-0.39, 0.29) is 11.8 Å². The maximum atomic E-state index is 12.8. The van der Waals surface area contributed by atoms with Gasteiger partial charge in [-0.25, -0.2) is 15.8 Å². The third-order valence-corrected chi connectivity index (χ3v) is 3.67. The van der Waals surface area contributed by atoms with Crippen LogP contribution in [-0.2, 0) is 12.7 Å². The van der Waals surface area contributed by atoms with Crippen molar-refractivity contribution < 1.29 is 13.2 Å². The second-order valence-electron chi connectivity index (χ2n) is 4.29. The van der Waals surface area contributed by atoms with Gasteiger partial charge in [0.1, 0.15) is 5.82 Å². The normalized spacial score (nSPS) is 11.5. The van der Waals surface area contributed by atoms with E-state index in [0.29, 0.717) is 6.54 Å². The van der Waals surface area contributed by atoms with Gasteiger partial charge in [0.15, 0.2) is 5.69 Å². The molecule has 10 heteroatoms.